The average Bonchev–Trinajstić information content (AvgIpc) is 2.70. The van der Waals surface area contributed by atoms with Crippen LogP contribution in [0, 0.1) is 10.1 Å². The molecule has 1 unspecified atom stereocenters. The fraction of sp³-hybridized carbons (Fsp3) is 0.500. The molecular formula is C8H11N3O3. The minimum atomic E-state index is -0.727. The summed E-state index contributed by atoms with van der Waals surface area (Å²) in [6.07, 6.45) is 0.795. The summed E-state index contributed by atoms with van der Waals surface area (Å²) in [4.78, 5) is 12.1. The Balaban J connectivity index is 2.18. The Hall–Kier alpha value is -1.56. The lowest BCUT2D eigenvalue weighted by molar-refractivity contribution is -0.521. The zero-order valence-electron chi connectivity index (χ0n) is 7.55. The maximum Gasteiger partial charge on any atom is 0.301 e. The summed E-state index contributed by atoms with van der Waals surface area (Å²) in [6, 6.07) is 3.47. The van der Waals surface area contributed by atoms with Crippen molar-refractivity contribution in [1.29, 1.82) is 0 Å². The van der Waals surface area contributed by atoms with Crippen molar-refractivity contribution in [2.75, 3.05) is 24.5 Å². The summed E-state index contributed by atoms with van der Waals surface area (Å²) in [6.45, 7) is 1.69. The number of hydrogen-bond donors (Lipinski definition) is 1. The van der Waals surface area contributed by atoms with E-state index >= 15 is 0 Å². The van der Waals surface area contributed by atoms with E-state index in [9.17, 15) is 10.1 Å². The highest BCUT2D eigenvalue weighted by Crippen LogP contribution is 2.18. The standard InChI is InChI=1S/C8H11N3O3/c12-11(13)7-6-9-3-4-10(7)8-2-1-5-14-8/h1-2,5,7,9H,3-4,6H2. The molecule has 2 rings (SSSR count). The predicted octanol–water partition coefficient (Wildman–Crippen LogP) is 0.292. The molecule has 6 nitrogen and oxygen atoms in total. The first-order valence-corrected chi connectivity index (χ1v) is 4.43. The Morgan fingerprint density at radius 2 is 2.57 bits per heavy atom. The van der Waals surface area contributed by atoms with Gasteiger partial charge in [-0.05, 0) is 6.07 Å². The normalized spacial score (nSPS) is 22.3. The van der Waals surface area contributed by atoms with Crippen LogP contribution in [0.15, 0.2) is 22.8 Å². The summed E-state index contributed by atoms with van der Waals surface area (Å²) >= 11 is 0. The summed E-state index contributed by atoms with van der Waals surface area (Å²) < 4.78 is 5.15. The fourth-order valence-electron chi connectivity index (χ4n) is 1.57. The van der Waals surface area contributed by atoms with Crippen LogP contribution in [0.4, 0.5) is 5.88 Å². The number of piperazine rings is 1. The maximum absolute atomic E-state index is 10.7. The van der Waals surface area contributed by atoms with Crippen molar-refractivity contribution in [3.05, 3.63) is 28.5 Å². The topological polar surface area (TPSA) is 71.6 Å². The lowest BCUT2D eigenvalue weighted by Gasteiger charge is -2.29. The van der Waals surface area contributed by atoms with Crippen LogP contribution in [-0.2, 0) is 0 Å². The van der Waals surface area contributed by atoms with Gasteiger partial charge in [-0.15, -0.1) is 0 Å². The van der Waals surface area contributed by atoms with E-state index < -0.39 is 6.17 Å². The van der Waals surface area contributed by atoms with Gasteiger partial charge in [-0.3, -0.25) is 15.0 Å². The molecule has 2 heterocycles. The molecule has 1 aliphatic rings. The Morgan fingerprint density at radius 1 is 1.71 bits per heavy atom. The Morgan fingerprint density at radius 3 is 3.21 bits per heavy atom. The number of nitrogens with one attached hydrogen (secondary N) is 1. The van der Waals surface area contributed by atoms with Gasteiger partial charge in [0.25, 0.3) is 0 Å². The molecule has 0 saturated carbocycles. The van der Waals surface area contributed by atoms with E-state index in [2.05, 4.69) is 5.32 Å². The van der Waals surface area contributed by atoms with Crippen molar-refractivity contribution in [3.63, 3.8) is 0 Å². The fourth-order valence-corrected chi connectivity index (χ4v) is 1.57. The molecule has 1 N–H and O–H groups in total. The minimum absolute atomic E-state index is 0.297. The average molecular weight is 197 g/mol. The first-order valence-electron chi connectivity index (χ1n) is 4.43. The molecule has 1 aromatic rings. The molecule has 1 fully saturated rings. The van der Waals surface area contributed by atoms with Gasteiger partial charge < -0.3 is 9.73 Å². The lowest BCUT2D eigenvalue weighted by atomic mass is 10.3. The molecule has 76 valence electrons. The van der Waals surface area contributed by atoms with E-state index in [0.717, 1.165) is 6.54 Å². The Bertz CT molecular complexity index is 312. The van der Waals surface area contributed by atoms with E-state index in [1.54, 1.807) is 17.0 Å². The first kappa shape index (κ1) is 9.01. The molecule has 1 atom stereocenters. The van der Waals surface area contributed by atoms with Gasteiger partial charge in [0, 0.05) is 24.1 Å². The largest absolute Gasteiger partial charge is 0.449 e. The monoisotopic (exact) mass is 197 g/mol. The Kier molecular flexibility index (Phi) is 2.36. The highest BCUT2D eigenvalue weighted by molar-refractivity contribution is 5.36. The number of anilines is 1. The van der Waals surface area contributed by atoms with Crippen LogP contribution in [0.5, 0.6) is 0 Å². The number of rotatable bonds is 2. The SMILES string of the molecule is O=[N+]([O-])C1CNCCN1c1ccco1. The van der Waals surface area contributed by atoms with Crippen LogP contribution in [-0.4, -0.2) is 30.7 Å². The quantitative estimate of drug-likeness (QED) is 0.545. The van der Waals surface area contributed by atoms with Gasteiger partial charge >= 0.3 is 6.17 Å². The van der Waals surface area contributed by atoms with Gasteiger partial charge in [0.05, 0.1) is 12.8 Å². The molecule has 14 heavy (non-hydrogen) atoms. The van der Waals surface area contributed by atoms with E-state index in [1.165, 1.54) is 6.26 Å². The third-order valence-corrected chi connectivity index (χ3v) is 2.25. The maximum atomic E-state index is 10.7. The van der Waals surface area contributed by atoms with Gasteiger partial charge in [-0.25, -0.2) is 0 Å². The van der Waals surface area contributed by atoms with Crippen molar-refractivity contribution in [3.8, 4) is 0 Å². The third kappa shape index (κ3) is 1.56. The predicted molar refractivity (Wildman–Crippen MR) is 49.7 cm³/mol. The van der Waals surface area contributed by atoms with Crippen molar-refractivity contribution in [1.82, 2.24) is 5.32 Å². The summed E-state index contributed by atoms with van der Waals surface area (Å²) in [5.74, 6) is 0.563. The summed E-state index contributed by atoms with van der Waals surface area (Å²) in [7, 11) is 0. The zero-order valence-corrected chi connectivity index (χ0v) is 7.55. The van der Waals surface area contributed by atoms with Crippen molar-refractivity contribution in [2.24, 2.45) is 0 Å². The number of nitrogens with zero attached hydrogens (tertiary/aromatic N) is 2. The van der Waals surface area contributed by atoms with Gasteiger partial charge in [0.1, 0.15) is 0 Å². The van der Waals surface area contributed by atoms with Gasteiger partial charge in [-0.1, -0.05) is 0 Å². The van der Waals surface area contributed by atoms with Crippen molar-refractivity contribution < 1.29 is 9.34 Å². The third-order valence-electron chi connectivity index (χ3n) is 2.25. The van der Waals surface area contributed by atoms with Gasteiger partial charge in [0.15, 0.2) is 5.88 Å². The second kappa shape index (κ2) is 3.67. The van der Waals surface area contributed by atoms with Crippen LogP contribution in [0.3, 0.4) is 0 Å². The zero-order chi connectivity index (χ0) is 9.97. The number of hydrogen-bond acceptors (Lipinski definition) is 5. The van der Waals surface area contributed by atoms with E-state index in [0.29, 0.717) is 19.0 Å². The molecule has 0 amide bonds. The van der Waals surface area contributed by atoms with Crippen molar-refractivity contribution >= 4 is 5.88 Å². The van der Waals surface area contributed by atoms with Crippen molar-refractivity contribution in [2.45, 2.75) is 6.17 Å². The van der Waals surface area contributed by atoms with Crippen LogP contribution >= 0.6 is 0 Å². The molecule has 0 radical (unpaired) electrons. The molecule has 0 aliphatic carbocycles. The molecule has 0 aromatic carbocycles. The van der Waals surface area contributed by atoms with Crippen LogP contribution < -0.4 is 10.2 Å². The molecule has 0 bridgehead atoms. The number of furan rings is 1. The lowest BCUT2D eigenvalue weighted by Crippen LogP contribution is -2.55. The minimum Gasteiger partial charge on any atom is -0.449 e. The smallest absolute Gasteiger partial charge is 0.301 e. The van der Waals surface area contributed by atoms with Crippen LogP contribution in [0.1, 0.15) is 0 Å². The van der Waals surface area contributed by atoms with Crippen LogP contribution in [0.2, 0.25) is 0 Å². The van der Waals surface area contributed by atoms with Gasteiger partial charge in [-0.2, -0.15) is 0 Å². The molecule has 0 spiro atoms. The van der Waals surface area contributed by atoms with E-state index in [1.807, 2.05) is 0 Å². The highest BCUT2D eigenvalue weighted by atomic mass is 16.6. The highest BCUT2D eigenvalue weighted by Gasteiger charge is 2.32. The van der Waals surface area contributed by atoms with E-state index in [-0.39, 0.29) is 4.92 Å². The molecule has 6 heteroatoms. The Labute approximate surface area is 80.6 Å². The molecule has 1 aromatic heterocycles. The van der Waals surface area contributed by atoms with E-state index in [4.69, 9.17) is 4.42 Å². The van der Waals surface area contributed by atoms with Crippen LogP contribution in [0.25, 0.3) is 0 Å². The summed E-state index contributed by atoms with van der Waals surface area (Å²) in [5, 5.41) is 13.7. The molecular weight excluding hydrogens is 186 g/mol. The summed E-state index contributed by atoms with van der Waals surface area (Å²) in [5.41, 5.74) is 0. The molecule has 1 saturated heterocycles. The number of nitro groups is 1. The molecule has 1 aliphatic heterocycles. The second-order valence-electron chi connectivity index (χ2n) is 3.11. The first-order chi connectivity index (χ1) is 6.79. The second-order valence-corrected chi connectivity index (χ2v) is 3.11. The van der Waals surface area contributed by atoms with Gasteiger partial charge in [0.2, 0.25) is 0 Å².